The van der Waals surface area contributed by atoms with Gasteiger partial charge in [-0.2, -0.15) is 0 Å². The zero-order chi connectivity index (χ0) is 20.6. The summed E-state index contributed by atoms with van der Waals surface area (Å²) in [7, 11) is 5.06. The summed E-state index contributed by atoms with van der Waals surface area (Å²) in [4.78, 5) is 43.0. The number of nitrogens with one attached hydrogen (secondary N) is 1. The van der Waals surface area contributed by atoms with Crippen LogP contribution in [0.1, 0.15) is 31.3 Å². The number of nitrogens with zero attached hydrogens (tertiary/aromatic N) is 4. The van der Waals surface area contributed by atoms with Crippen LogP contribution in [0.5, 0.6) is 0 Å². The molecular formula is C20H26N5O3+. The average Bonchev–Trinajstić information content (AvgIpc) is 3.03. The average molecular weight is 384 g/mol. The van der Waals surface area contributed by atoms with E-state index in [0.717, 1.165) is 16.0 Å². The molecule has 28 heavy (non-hydrogen) atoms. The Hall–Kier alpha value is -3.00. The van der Waals surface area contributed by atoms with E-state index < -0.39 is 17.3 Å². The number of ketones is 1. The van der Waals surface area contributed by atoms with Gasteiger partial charge in [0.15, 0.2) is 22.8 Å². The van der Waals surface area contributed by atoms with Crippen LogP contribution in [0.2, 0.25) is 0 Å². The maximum Gasteiger partial charge on any atom is 0.332 e. The number of carbonyl (C=O) groups excluding carboxylic acids is 1. The van der Waals surface area contributed by atoms with Crippen LogP contribution in [0.3, 0.4) is 0 Å². The first-order valence-corrected chi connectivity index (χ1v) is 9.24. The Labute approximate surface area is 162 Å². The Bertz CT molecular complexity index is 1140. The van der Waals surface area contributed by atoms with Crippen LogP contribution < -0.4 is 16.1 Å². The lowest BCUT2D eigenvalue weighted by Crippen LogP contribution is -3.06. The van der Waals surface area contributed by atoms with Crippen molar-refractivity contribution >= 4 is 16.9 Å². The molecule has 0 bridgehead atoms. The quantitative estimate of drug-likeness (QED) is 0.638. The highest BCUT2D eigenvalue weighted by atomic mass is 16.2. The highest BCUT2D eigenvalue weighted by Gasteiger charge is 2.25. The minimum atomic E-state index is -0.547. The minimum Gasteiger partial charge on any atom is -0.327 e. The van der Waals surface area contributed by atoms with Crippen LogP contribution >= 0.6 is 0 Å². The molecule has 1 aromatic carbocycles. The monoisotopic (exact) mass is 384 g/mol. The second kappa shape index (κ2) is 7.55. The lowest BCUT2D eigenvalue weighted by molar-refractivity contribution is -0.908. The fourth-order valence-corrected chi connectivity index (χ4v) is 3.46. The highest BCUT2D eigenvalue weighted by molar-refractivity contribution is 5.82. The number of Topliss-reactive ketones (excluding diaryl/α,β-unsaturated/α-hetero) is 1. The van der Waals surface area contributed by atoms with Crippen molar-refractivity contribution in [2.75, 3.05) is 7.05 Å². The van der Waals surface area contributed by atoms with Crippen LogP contribution in [0.15, 0.2) is 39.9 Å². The van der Waals surface area contributed by atoms with Gasteiger partial charge in [0.05, 0.1) is 13.1 Å². The molecular weight excluding hydrogens is 358 g/mol. The van der Waals surface area contributed by atoms with Gasteiger partial charge in [-0.05, 0) is 13.8 Å². The number of quaternary nitrogens is 1. The molecule has 8 heteroatoms. The van der Waals surface area contributed by atoms with E-state index in [1.54, 1.807) is 18.5 Å². The lowest BCUT2D eigenvalue weighted by atomic mass is 10.2. The van der Waals surface area contributed by atoms with Gasteiger partial charge in [-0.1, -0.05) is 30.3 Å². The molecule has 0 amide bonds. The second-order valence-electron chi connectivity index (χ2n) is 7.36. The molecule has 0 aliphatic rings. The molecule has 0 spiro atoms. The molecule has 0 saturated heterocycles. The number of imidazole rings is 1. The first kappa shape index (κ1) is 19.8. The van der Waals surface area contributed by atoms with Crippen molar-refractivity contribution in [2.24, 2.45) is 14.1 Å². The van der Waals surface area contributed by atoms with Gasteiger partial charge >= 0.3 is 5.69 Å². The van der Waals surface area contributed by atoms with Gasteiger partial charge in [-0.3, -0.25) is 18.7 Å². The first-order chi connectivity index (χ1) is 13.2. The van der Waals surface area contributed by atoms with Crippen molar-refractivity contribution in [2.45, 2.75) is 33.0 Å². The molecule has 8 nitrogen and oxygen atoms in total. The van der Waals surface area contributed by atoms with Crippen LogP contribution in [0.25, 0.3) is 11.2 Å². The van der Waals surface area contributed by atoms with Crippen LogP contribution in [-0.2, 0) is 32.0 Å². The molecule has 2 atom stereocenters. The third-order valence-electron chi connectivity index (χ3n) is 5.15. The number of hydrogen-bond acceptors (Lipinski definition) is 4. The van der Waals surface area contributed by atoms with E-state index >= 15 is 0 Å². The summed E-state index contributed by atoms with van der Waals surface area (Å²) in [5.74, 6) is 0.543. The summed E-state index contributed by atoms with van der Waals surface area (Å²) < 4.78 is 4.10. The zero-order valence-electron chi connectivity index (χ0n) is 16.9. The maximum absolute atomic E-state index is 12.8. The number of fused-ring (bicyclic) bond motifs is 1. The summed E-state index contributed by atoms with van der Waals surface area (Å²) in [6.45, 7) is 4.53. The molecule has 1 N–H and O–H groups in total. The van der Waals surface area contributed by atoms with E-state index in [2.05, 4.69) is 17.1 Å². The summed E-state index contributed by atoms with van der Waals surface area (Å²) in [5, 5.41) is 0. The molecule has 148 valence electrons. The predicted octanol–water partition coefficient (Wildman–Crippen LogP) is -0.201. The first-order valence-electron chi connectivity index (χ1n) is 9.24. The Balaban J connectivity index is 2.13. The minimum absolute atomic E-state index is 0.0721. The van der Waals surface area contributed by atoms with Gasteiger partial charge in [0, 0.05) is 19.7 Å². The van der Waals surface area contributed by atoms with Crippen LogP contribution in [0, 0.1) is 0 Å². The van der Waals surface area contributed by atoms with Gasteiger partial charge in [-0.15, -0.1) is 0 Å². The Morgan fingerprint density at radius 1 is 1.11 bits per heavy atom. The fraction of sp³-hybridized carbons (Fsp3) is 0.400. The summed E-state index contributed by atoms with van der Waals surface area (Å²) in [5.41, 5.74) is 0.906. The van der Waals surface area contributed by atoms with Gasteiger partial charge < -0.3 is 9.47 Å². The highest BCUT2D eigenvalue weighted by Crippen LogP contribution is 2.18. The topological polar surface area (TPSA) is 83.3 Å². The van der Waals surface area contributed by atoms with E-state index in [-0.39, 0.29) is 11.3 Å². The van der Waals surface area contributed by atoms with Crippen molar-refractivity contribution in [3.63, 3.8) is 0 Å². The number of benzene rings is 1. The normalized spacial score (nSPS) is 13.6. The molecule has 0 fully saturated rings. The zero-order valence-corrected chi connectivity index (χ0v) is 16.9. The predicted molar refractivity (Wildman–Crippen MR) is 106 cm³/mol. The van der Waals surface area contributed by atoms with E-state index in [1.807, 2.05) is 25.2 Å². The van der Waals surface area contributed by atoms with Gasteiger partial charge in [0.25, 0.3) is 5.56 Å². The number of rotatable bonds is 6. The largest absolute Gasteiger partial charge is 0.332 e. The summed E-state index contributed by atoms with van der Waals surface area (Å²) >= 11 is 0. The number of carbonyl (C=O) groups is 1. The fourth-order valence-electron chi connectivity index (χ4n) is 3.46. The number of aryl methyl sites for hydroxylation is 1. The molecule has 0 radical (unpaired) electrons. The Kier molecular flexibility index (Phi) is 5.33. The van der Waals surface area contributed by atoms with Crippen molar-refractivity contribution in [1.29, 1.82) is 0 Å². The van der Waals surface area contributed by atoms with Crippen LogP contribution in [-0.4, -0.2) is 31.5 Å². The van der Waals surface area contributed by atoms with Crippen molar-refractivity contribution < 1.29 is 9.69 Å². The maximum atomic E-state index is 12.8. The smallest absolute Gasteiger partial charge is 0.327 e. The SMILES string of the molecule is CC(=O)[C@@H](C)n1c(C[NH+](C)Cc2ccccc2)nc2c1c(=O)n(C)c(=O)n2C. The van der Waals surface area contributed by atoms with E-state index in [9.17, 15) is 14.4 Å². The van der Waals surface area contributed by atoms with Gasteiger partial charge in [0.2, 0.25) is 0 Å². The van der Waals surface area contributed by atoms with E-state index in [4.69, 9.17) is 0 Å². The van der Waals surface area contributed by atoms with Crippen molar-refractivity contribution in [3.8, 4) is 0 Å². The Morgan fingerprint density at radius 2 is 1.75 bits per heavy atom. The molecule has 3 rings (SSSR count). The van der Waals surface area contributed by atoms with Gasteiger partial charge in [0.1, 0.15) is 13.1 Å². The van der Waals surface area contributed by atoms with Crippen molar-refractivity contribution in [3.05, 3.63) is 62.6 Å². The molecule has 0 saturated carbocycles. The molecule has 3 aromatic rings. The van der Waals surface area contributed by atoms with E-state index in [1.165, 1.54) is 24.1 Å². The molecule has 1 unspecified atom stereocenters. The third-order valence-corrected chi connectivity index (χ3v) is 5.15. The van der Waals surface area contributed by atoms with E-state index in [0.29, 0.717) is 18.0 Å². The number of hydrogen-bond donors (Lipinski definition) is 1. The standard InChI is InChI=1S/C20H25N5O3/c1-13(14(2)26)25-16(12-22(3)11-15-9-7-6-8-10-15)21-18-17(25)19(27)24(5)20(28)23(18)4/h6-10,13H,11-12H2,1-5H3/p+1/t13-/m1/s1. The lowest BCUT2D eigenvalue weighted by Gasteiger charge is -2.18. The molecule has 0 aliphatic carbocycles. The van der Waals surface area contributed by atoms with Crippen molar-refractivity contribution in [1.82, 2.24) is 18.7 Å². The summed E-state index contributed by atoms with van der Waals surface area (Å²) in [6, 6.07) is 9.54. The van der Waals surface area contributed by atoms with Crippen LogP contribution in [0.4, 0.5) is 0 Å². The molecule has 2 aromatic heterocycles. The third kappa shape index (κ3) is 3.43. The molecule has 2 heterocycles. The second-order valence-corrected chi connectivity index (χ2v) is 7.36. The summed E-state index contributed by atoms with van der Waals surface area (Å²) in [6.07, 6.45) is 0. The Morgan fingerprint density at radius 3 is 2.36 bits per heavy atom. The van der Waals surface area contributed by atoms with Gasteiger partial charge in [-0.25, -0.2) is 9.78 Å². The molecule has 0 aliphatic heterocycles. The number of aromatic nitrogens is 4.